The summed E-state index contributed by atoms with van der Waals surface area (Å²) in [6.07, 6.45) is 0.176. The van der Waals surface area contributed by atoms with E-state index in [0.717, 1.165) is 42.0 Å². The summed E-state index contributed by atoms with van der Waals surface area (Å²) in [6, 6.07) is 9.89. The number of anilines is 3. The minimum atomic E-state index is 0.176. The number of nitrogens with zero attached hydrogens (tertiary/aromatic N) is 3. The van der Waals surface area contributed by atoms with Crippen LogP contribution in [0.5, 0.6) is 5.75 Å². The maximum atomic E-state index is 5.66. The molecule has 0 radical (unpaired) electrons. The number of aromatic nitrogens is 2. The molecular weight excluding hydrogens is 288 g/mol. The van der Waals surface area contributed by atoms with Gasteiger partial charge in [-0.05, 0) is 58.9 Å². The molecule has 0 saturated heterocycles. The van der Waals surface area contributed by atoms with Crippen LogP contribution in [-0.2, 0) is 0 Å². The van der Waals surface area contributed by atoms with Gasteiger partial charge in [0.05, 0.1) is 6.10 Å². The first-order valence-electron chi connectivity index (χ1n) is 8.16. The Labute approximate surface area is 138 Å². The zero-order valence-corrected chi connectivity index (χ0v) is 14.6. The van der Waals surface area contributed by atoms with Gasteiger partial charge in [0.25, 0.3) is 0 Å². The van der Waals surface area contributed by atoms with E-state index in [2.05, 4.69) is 34.0 Å². The zero-order chi connectivity index (χ0) is 16.8. The summed E-state index contributed by atoms with van der Waals surface area (Å²) in [7, 11) is 0. The van der Waals surface area contributed by atoms with Crippen LogP contribution in [0.4, 0.5) is 17.3 Å². The second kappa shape index (κ2) is 7.81. The van der Waals surface area contributed by atoms with Crippen LogP contribution in [0, 0.1) is 6.92 Å². The van der Waals surface area contributed by atoms with Crippen LogP contribution in [0.2, 0.25) is 0 Å². The molecule has 0 aliphatic carbocycles. The van der Waals surface area contributed by atoms with Crippen molar-refractivity contribution < 1.29 is 4.74 Å². The van der Waals surface area contributed by atoms with E-state index >= 15 is 0 Å². The molecule has 1 N–H and O–H groups in total. The van der Waals surface area contributed by atoms with Crippen LogP contribution in [0.25, 0.3) is 0 Å². The number of aryl methyl sites for hydroxylation is 1. The molecule has 0 aliphatic heterocycles. The van der Waals surface area contributed by atoms with Crippen molar-refractivity contribution in [2.75, 3.05) is 23.3 Å². The van der Waals surface area contributed by atoms with Crippen molar-refractivity contribution in [2.45, 2.75) is 40.7 Å². The molecule has 5 heteroatoms. The van der Waals surface area contributed by atoms with Crippen LogP contribution >= 0.6 is 0 Å². The molecule has 0 atom stereocenters. The lowest BCUT2D eigenvalue weighted by Gasteiger charge is -2.20. The van der Waals surface area contributed by atoms with Crippen LogP contribution in [0.1, 0.15) is 33.5 Å². The number of benzene rings is 1. The fraction of sp³-hybridized carbons (Fsp3) is 0.444. The number of hydrogen-bond donors (Lipinski definition) is 1. The van der Waals surface area contributed by atoms with Gasteiger partial charge in [0.1, 0.15) is 23.2 Å². The van der Waals surface area contributed by atoms with E-state index in [-0.39, 0.29) is 6.10 Å². The summed E-state index contributed by atoms with van der Waals surface area (Å²) >= 11 is 0. The molecule has 2 aromatic rings. The summed E-state index contributed by atoms with van der Waals surface area (Å²) in [5.74, 6) is 3.38. The number of nitrogens with one attached hydrogen (secondary N) is 1. The predicted molar refractivity (Wildman–Crippen MR) is 95.8 cm³/mol. The quantitative estimate of drug-likeness (QED) is 0.831. The standard InChI is InChI=1S/C18H26N4O/c1-6-22(7-2)18-12-17(19-14(5)20-18)21-15-8-10-16(11-9-15)23-13(3)4/h8-13H,6-7H2,1-5H3,(H,19,20,21). The molecule has 2 rings (SSSR count). The molecular formula is C18H26N4O. The van der Waals surface area contributed by atoms with Gasteiger partial charge in [-0.15, -0.1) is 0 Å². The predicted octanol–water partition coefficient (Wildman–Crippen LogP) is 4.16. The van der Waals surface area contributed by atoms with Gasteiger partial charge in [0.2, 0.25) is 0 Å². The van der Waals surface area contributed by atoms with Gasteiger partial charge in [-0.3, -0.25) is 0 Å². The summed E-state index contributed by atoms with van der Waals surface area (Å²) in [5.41, 5.74) is 0.977. The van der Waals surface area contributed by atoms with Crippen LogP contribution in [0.3, 0.4) is 0 Å². The Morgan fingerprint density at radius 1 is 1.09 bits per heavy atom. The van der Waals surface area contributed by atoms with Crippen LogP contribution < -0.4 is 15.0 Å². The zero-order valence-electron chi connectivity index (χ0n) is 14.6. The van der Waals surface area contributed by atoms with Gasteiger partial charge in [0.15, 0.2) is 0 Å². The van der Waals surface area contributed by atoms with Crippen LogP contribution in [0.15, 0.2) is 30.3 Å². The summed E-state index contributed by atoms with van der Waals surface area (Å²) in [4.78, 5) is 11.2. The third kappa shape index (κ3) is 4.84. The smallest absolute Gasteiger partial charge is 0.136 e. The van der Waals surface area contributed by atoms with Crippen LogP contribution in [-0.4, -0.2) is 29.2 Å². The van der Waals surface area contributed by atoms with Crippen molar-refractivity contribution in [3.63, 3.8) is 0 Å². The topological polar surface area (TPSA) is 50.3 Å². The highest BCUT2D eigenvalue weighted by Crippen LogP contribution is 2.22. The molecule has 0 bridgehead atoms. The van der Waals surface area contributed by atoms with Gasteiger partial charge in [-0.2, -0.15) is 0 Å². The average Bonchev–Trinajstić information content (AvgIpc) is 2.49. The second-order valence-electron chi connectivity index (χ2n) is 5.65. The van der Waals surface area contributed by atoms with Gasteiger partial charge in [-0.25, -0.2) is 9.97 Å². The fourth-order valence-electron chi connectivity index (χ4n) is 2.36. The van der Waals surface area contributed by atoms with E-state index in [1.807, 2.05) is 51.1 Å². The van der Waals surface area contributed by atoms with E-state index in [9.17, 15) is 0 Å². The molecule has 5 nitrogen and oxygen atoms in total. The molecule has 0 aliphatic rings. The third-order valence-electron chi connectivity index (χ3n) is 3.41. The van der Waals surface area contributed by atoms with E-state index in [1.54, 1.807) is 0 Å². The van der Waals surface area contributed by atoms with Crippen molar-refractivity contribution in [1.29, 1.82) is 0 Å². The Bertz CT molecular complexity index is 621. The van der Waals surface area contributed by atoms with Gasteiger partial charge >= 0.3 is 0 Å². The van der Waals surface area contributed by atoms with Crippen molar-refractivity contribution >= 4 is 17.3 Å². The summed E-state index contributed by atoms with van der Waals surface area (Å²) < 4.78 is 5.66. The van der Waals surface area contributed by atoms with Crippen molar-refractivity contribution in [2.24, 2.45) is 0 Å². The molecule has 0 saturated carbocycles. The highest BCUT2D eigenvalue weighted by molar-refractivity contribution is 5.60. The van der Waals surface area contributed by atoms with Crippen molar-refractivity contribution in [3.05, 3.63) is 36.2 Å². The van der Waals surface area contributed by atoms with Crippen molar-refractivity contribution in [3.8, 4) is 5.75 Å². The van der Waals surface area contributed by atoms with E-state index < -0.39 is 0 Å². The fourth-order valence-corrected chi connectivity index (χ4v) is 2.36. The maximum Gasteiger partial charge on any atom is 0.136 e. The molecule has 124 valence electrons. The Morgan fingerprint density at radius 2 is 1.74 bits per heavy atom. The highest BCUT2D eigenvalue weighted by Gasteiger charge is 2.08. The first kappa shape index (κ1) is 17.1. The lowest BCUT2D eigenvalue weighted by Crippen LogP contribution is -2.23. The van der Waals surface area contributed by atoms with Crippen molar-refractivity contribution in [1.82, 2.24) is 9.97 Å². The molecule has 23 heavy (non-hydrogen) atoms. The molecule has 0 spiro atoms. The Morgan fingerprint density at radius 3 is 2.30 bits per heavy atom. The van der Waals surface area contributed by atoms with Gasteiger partial charge in [-0.1, -0.05) is 0 Å². The Kier molecular flexibility index (Phi) is 5.79. The molecule has 0 amide bonds. The van der Waals surface area contributed by atoms with E-state index in [0.29, 0.717) is 0 Å². The van der Waals surface area contributed by atoms with E-state index in [1.165, 1.54) is 0 Å². The summed E-state index contributed by atoms with van der Waals surface area (Å²) in [6.45, 7) is 12.1. The first-order chi connectivity index (χ1) is 11.0. The molecule has 1 heterocycles. The number of rotatable bonds is 7. The molecule has 0 fully saturated rings. The minimum Gasteiger partial charge on any atom is -0.491 e. The normalized spacial score (nSPS) is 10.7. The van der Waals surface area contributed by atoms with Gasteiger partial charge < -0.3 is 15.0 Å². The minimum absolute atomic E-state index is 0.176. The first-order valence-corrected chi connectivity index (χ1v) is 8.16. The lowest BCUT2D eigenvalue weighted by atomic mass is 10.3. The monoisotopic (exact) mass is 314 g/mol. The average molecular weight is 314 g/mol. The third-order valence-corrected chi connectivity index (χ3v) is 3.41. The molecule has 1 aromatic carbocycles. The van der Waals surface area contributed by atoms with Gasteiger partial charge in [0, 0.05) is 24.8 Å². The molecule has 0 unspecified atom stereocenters. The Hall–Kier alpha value is -2.30. The maximum absolute atomic E-state index is 5.66. The number of hydrogen-bond acceptors (Lipinski definition) is 5. The lowest BCUT2D eigenvalue weighted by molar-refractivity contribution is 0.242. The Balaban J connectivity index is 2.16. The number of ether oxygens (including phenoxy) is 1. The molecule has 1 aromatic heterocycles. The summed E-state index contributed by atoms with van der Waals surface area (Å²) in [5, 5.41) is 3.34. The largest absolute Gasteiger partial charge is 0.491 e. The van der Waals surface area contributed by atoms with E-state index in [4.69, 9.17) is 4.74 Å². The second-order valence-corrected chi connectivity index (χ2v) is 5.65. The SMILES string of the molecule is CCN(CC)c1cc(Nc2ccc(OC(C)C)cc2)nc(C)n1. The highest BCUT2D eigenvalue weighted by atomic mass is 16.5.